The van der Waals surface area contributed by atoms with Crippen LogP contribution in [0.5, 0.6) is 5.75 Å². The third-order valence-corrected chi connectivity index (χ3v) is 9.45. The molecule has 11 heteroatoms. The first-order valence-electron chi connectivity index (χ1n) is 16.4. The standard InChI is InChI=1S/C35H43F3N6O2/c1-23-5-6-25(33(45)41-31-21-27(35(36,37)38)8-10-32(31)46-28-11-16-43(2)17-12-28)20-29(23)24-7-9-30-26(19-24)22-40-34(42-30)39-13-18-44-14-3-4-15-44/h5,8,10,19-22,25,28H,3-4,6-7,9,11-18H2,1-2H3,(H,41,45)(H,39,40,42). The number of hydrogen-bond acceptors (Lipinski definition) is 7. The molecule has 0 spiro atoms. The van der Waals surface area contributed by atoms with Crippen LogP contribution < -0.4 is 15.4 Å². The van der Waals surface area contributed by atoms with Crippen LogP contribution in [0, 0.1) is 5.92 Å². The molecule has 2 N–H and O–H groups in total. The summed E-state index contributed by atoms with van der Waals surface area (Å²) in [7, 11) is 2.03. The molecule has 2 aliphatic carbocycles. The van der Waals surface area contributed by atoms with Crippen LogP contribution in [0.15, 0.2) is 53.3 Å². The molecule has 1 amide bonds. The van der Waals surface area contributed by atoms with Crippen molar-refractivity contribution in [2.45, 2.75) is 64.1 Å². The number of nitrogens with one attached hydrogen (secondary N) is 2. The SMILES string of the molecule is CC1=CCC(C(=O)Nc2cc(C(F)(F)F)ccc2OC2CCN(C)CC2)C=C1C1=Cc2cnc(NCCN3CCCC3)nc2CC1. The summed E-state index contributed by atoms with van der Waals surface area (Å²) in [5, 5.41) is 6.15. The van der Waals surface area contributed by atoms with Gasteiger partial charge in [0.05, 0.1) is 22.9 Å². The van der Waals surface area contributed by atoms with Crippen molar-refractivity contribution in [3.05, 3.63) is 70.1 Å². The first-order chi connectivity index (χ1) is 22.1. The van der Waals surface area contributed by atoms with Crippen LogP contribution in [-0.4, -0.2) is 78.1 Å². The summed E-state index contributed by atoms with van der Waals surface area (Å²) in [6.45, 7) is 7.83. The molecule has 6 rings (SSSR count). The van der Waals surface area contributed by atoms with E-state index in [2.05, 4.69) is 31.5 Å². The molecule has 2 aliphatic heterocycles. The minimum Gasteiger partial charge on any atom is -0.488 e. The van der Waals surface area contributed by atoms with Crippen LogP contribution in [0.25, 0.3) is 6.08 Å². The lowest BCUT2D eigenvalue weighted by atomic mass is 9.82. The van der Waals surface area contributed by atoms with Gasteiger partial charge in [-0.3, -0.25) is 4.79 Å². The lowest BCUT2D eigenvalue weighted by molar-refractivity contribution is -0.137. The molecule has 0 radical (unpaired) electrons. The number of alkyl halides is 3. The zero-order valence-electron chi connectivity index (χ0n) is 26.6. The van der Waals surface area contributed by atoms with Gasteiger partial charge in [0.15, 0.2) is 0 Å². The number of allylic oxidation sites excluding steroid dienone is 4. The highest BCUT2D eigenvalue weighted by atomic mass is 19.4. The molecule has 4 aliphatic rings. The van der Waals surface area contributed by atoms with Gasteiger partial charge in [0.25, 0.3) is 0 Å². The maximum atomic E-state index is 13.6. The van der Waals surface area contributed by atoms with E-state index in [1.165, 1.54) is 18.9 Å². The molecule has 1 atom stereocenters. The lowest BCUT2D eigenvalue weighted by Gasteiger charge is -2.30. The van der Waals surface area contributed by atoms with Gasteiger partial charge in [-0.1, -0.05) is 12.2 Å². The van der Waals surface area contributed by atoms with Gasteiger partial charge in [0, 0.05) is 37.9 Å². The maximum absolute atomic E-state index is 13.6. The minimum atomic E-state index is -4.54. The number of fused-ring (bicyclic) bond motifs is 1. The van der Waals surface area contributed by atoms with E-state index in [0.29, 0.717) is 12.4 Å². The van der Waals surface area contributed by atoms with E-state index in [4.69, 9.17) is 9.72 Å². The molecule has 3 heterocycles. The van der Waals surface area contributed by atoms with Crippen molar-refractivity contribution in [3.63, 3.8) is 0 Å². The highest BCUT2D eigenvalue weighted by molar-refractivity contribution is 5.96. The number of hydrogen-bond donors (Lipinski definition) is 2. The van der Waals surface area contributed by atoms with Crippen molar-refractivity contribution in [3.8, 4) is 5.75 Å². The molecular formula is C35H43F3N6O2. The predicted molar refractivity (Wildman–Crippen MR) is 174 cm³/mol. The van der Waals surface area contributed by atoms with E-state index in [0.717, 1.165) is 105 Å². The third kappa shape index (κ3) is 7.81. The van der Waals surface area contributed by atoms with Crippen LogP contribution in [0.3, 0.4) is 0 Å². The summed E-state index contributed by atoms with van der Waals surface area (Å²) >= 11 is 0. The number of aromatic nitrogens is 2. The molecule has 1 aromatic carbocycles. The Morgan fingerprint density at radius 1 is 1.11 bits per heavy atom. The molecular weight excluding hydrogens is 593 g/mol. The number of anilines is 2. The van der Waals surface area contributed by atoms with Crippen molar-refractivity contribution >= 4 is 23.6 Å². The molecule has 0 saturated carbocycles. The van der Waals surface area contributed by atoms with Crippen LogP contribution in [0.4, 0.5) is 24.8 Å². The summed E-state index contributed by atoms with van der Waals surface area (Å²) in [5.74, 6) is 0.0103. The fraction of sp³-hybridized carbons (Fsp3) is 0.514. The Morgan fingerprint density at radius 2 is 1.89 bits per heavy atom. The monoisotopic (exact) mass is 636 g/mol. The number of piperidine rings is 1. The Kier molecular flexibility index (Phi) is 9.79. The van der Waals surface area contributed by atoms with Crippen molar-refractivity contribution in [2.24, 2.45) is 5.92 Å². The molecule has 0 bridgehead atoms. The van der Waals surface area contributed by atoms with Gasteiger partial charge < -0.3 is 25.2 Å². The van der Waals surface area contributed by atoms with E-state index in [1.54, 1.807) is 0 Å². The second-order valence-corrected chi connectivity index (χ2v) is 12.9. The van der Waals surface area contributed by atoms with Crippen LogP contribution in [0.1, 0.15) is 62.3 Å². The predicted octanol–water partition coefficient (Wildman–Crippen LogP) is 6.34. The maximum Gasteiger partial charge on any atom is 0.416 e. The number of likely N-dealkylation sites (tertiary alicyclic amines) is 2. The van der Waals surface area contributed by atoms with Gasteiger partial charge >= 0.3 is 6.18 Å². The van der Waals surface area contributed by atoms with Gasteiger partial charge in [0.2, 0.25) is 11.9 Å². The number of ether oxygens (including phenoxy) is 1. The second kappa shape index (κ2) is 14.0. The molecule has 1 unspecified atom stereocenters. The van der Waals surface area contributed by atoms with Crippen molar-refractivity contribution in [1.29, 1.82) is 0 Å². The average molecular weight is 637 g/mol. The van der Waals surface area contributed by atoms with Crippen LogP contribution in [0.2, 0.25) is 0 Å². The molecule has 2 fully saturated rings. The number of benzene rings is 1. The molecule has 1 aromatic heterocycles. The smallest absolute Gasteiger partial charge is 0.416 e. The summed E-state index contributed by atoms with van der Waals surface area (Å²) in [5.41, 5.74) is 4.34. The van der Waals surface area contributed by atoms with Gasteiger partial charge in [-0.15, -0.1) is 0 Å². The topological polar surface area (TPSA) is 82.6 Å². The number of amides is 1. The molecule has 246 valence electrons. The number of carbonyl (C=O) groups is 1. The highest BCUT2D eigenvalue weighted by Crippen LogP contribution is 2.38. The second-order valence-electron chi connectivity index (χ2n) is 12.9. The summed E-state index contributed by atoms with van der Waals surface area (Å²) in [6, 6.07) is 3.31. The van der Waals surface area contributed by atoms with E-state index in [9.17, 15) is 18.0 Å². The number of nitrogens with zero attached hydrogens (tertiary/aromatic N) is 4. The van der Waals surface area contributed by atoms with Crippen molar-refractivity contribution < 1.29 is 22.7 Å². The molecule has 46 heavy (non-hydrogen) atoms. The summed E-state index contributed by atoms with van der Waals surface area (Å²) in [4.78, 5) is 27.5. The lowest BCUT2D eigenvalue weighted by Crippen LogP contribution is -2.35. The van der Waals surface area contributed by atoms with Gasteiger partial charge in [-0.25, -0.2) is 9.97 Å². The first kappa shape index (κ1) is 32.2. The van der Waals surface area contributed by atoms with Crippen molar-refractivity contribution in [1.82, 2.24) is 19.8 Å². The Bertz CT molecular complexity index is 1520. The zero-order chi connectivity index (χ0) is 32.3. The quantitative estimate of drug-likeness (QED) is 0.333. The van der Waals surface area contributed by atoms with E-state index in [1.807, 2.05) is 32.3 Å². The average Bonchev–Trinajstić information content (AvgIpc) is 3.56. The van der Waals surface area contributed by atoms with Crippen LogP contribution in [-0.2, 0) is 17.4 Å². The van der Waals surface area contributed by atoms with Crippen molar-refractivity contribution in [2.75, 3.05) is 56.9 Å². The van der Waals surface area contributed by atoms with Gasteiger partial charge in [-0.05, 0) is 113 Å². The Hall–Kier alpha value is -3.70. The number of aryl methyl sites for hydroxylation is 1. The third-order valence-electron chi connectivity index (χ3n) is 9.45. The fourth-order valence-electron chi connectivity index (χ4n) is 6.66. The normalized spacial score (nSPS) is 21.2. The molecule has 2 aromatic rings. The Labute approximate surface area is 268 Å². The fourth-order valence-corrected chi connectivity index (χ4v) is 6.66. The largest absolute Gasteiger partial charge is 0.488 e. The number of halogens is 3. The minimum absolute atomic E-state index is 0.0489. The summed E-state index contributed by atoms with van der Waals surface area (Å²) < 4.78 is 47.1. The summed E-state index contributed by atoms with van der Waals surface area (Å²) in [6.07, 6.45) is 9.32. The van der Waals surface area contributed by atoms with Gasteiger partial charge in [-0.2, -0.15) is 13.2 Å². The molecule has 8 nitrogen and oxygen atoms in total. The number of carbonyl (C=O) groups excluding carboxylic acids is 1. The zero-order valence-corrected chi connectivity index (χ0v) is 26.6. The van der Waals surface area contributed by atoms with E-state index in [-0.39, 0.29) is 23.4 Å². The Morgan fingerprint density at radius 3 is 2.65 bits per heavy atom. The highest BCUT2D eigenvalue weighted by Gasteiger charge is 2.32. The Balaban J connectivity index is 1.15. The number of rotatable bonds is 9. The van der Waals surface area contributed by atoms with E-state index < -0.39 is 17.7 Å². The van der Waals surface area contributed by atoms with Gasteiger partial charge in [0.1, 0.15) is 11.9 Å². The van der Waals surface area contributed by atoms with Crippen LogP contribution >= 0.6 is 0 Å². The molecule has 2 saturated heterocycles. The van der Waals surface area contributed by atoms with E-state index >= 15 is 0 Å². The first-order valence-corrected chi connectivity index (χ1v) is 16.4.